The fourth-order valence-corrected chi connectivity index (χ4v) is 2.16. The van der Waals surface area contributed by atoms with Crippen molar-refractivity contribution in [1.29, 1.82) is 0 Å². The van der Waals surface area contributed by atoms with Crippen molar-refractivity contribution < 1.29 is 18.3 Å². The van der Waals surface area contributed by atoms with Gasteiger partial charge < -0.3 is 10.1 Å². The second-order valence-electron chi connectivity index (χ2n) is 5.27. The number of nitrogens with one attached hydrogen (secondary N) is 1. The molecule has 0 saturated heterocycles. The first-order valence-electron chi connectivity index (χ1n) is 7.33. The Bertz CT molecular complexity index is 917. The molecular formula is C18H13F2N3O2. The Labute approximate surface area is 142 Å². The normalized spacial score (nSPS) is 10.4. The molecule has 0 saturated carbocycles. The predicted octanol–water partition coefficient (Wildman–Crippen LogP) is 4.11. The van der Waals surface area contributed by atoms with Crippen molar-refractivity contribution in [2.45, 2.75) is 6.92 Å². The van der Waals surface area contributed by atoms with E-state index in [0.29, 0.717) is 5.56 Å². The Morgan fingerprint density at radius 1 is 1.12 bits per heavy atom. The Morgan fingerprint density at radius 3 is 2.60 bits per heavy atom. The Kier molecular flexibility index (Phi) is 4.65. The van der Waals surface area contributed by atoms with Crippen molar-refractivity contribution in [1.82, 2.24) is 9.97 Å². The Morgan fingerprint density at radius 2 is 1.88 bits per heavy atom. The van der Waals surface area contributed by atoms with Crippen molar-refractivity contribution in [3.8, 4) is 11.5 Å². The van der Waals surface area contributed by atoms with E-state index in [1.165, 1.54) is 24.8 Å². The van der Waals surface area contributed by atoms with Gasteiger partial charge in [-0.2, -0.15) is 4.39 Å². The number of nitrogens with zero attached hydrogens (tertiary/aromatic N) is 2. The van der Waals surface area contributed by atoms with E-state index in [1.54, 1.807) is 18.2 Å². The monoisotopic (exact) mass is 341 g/mol. The summed E-state index contributed by atoms with van der Waals surface area (Å²) in [5.41, 5.74) is 1.38. The molecule has 0 fully saturated rings. The van der Waals surface area contributed by atoms with E-state index in [-0.39, 0.29) is 17.2 Å². The third-order valence-electron chi connectivity index (χ3n) is 3.30. The van der Waals surface area contributed by atoms with Crippen LogP contribution < -0.4 is 10.1 Å². The van der Waals surface area contributed by atoms with Crippen LogP contribution in [0.5, 0.6) is 11.5 Å². The van der Waals surface area contributed by atoms with Gasteiger partial charge in [0.15, 0.2) is 17.3 Å². The first kappa shape index (κ1) is 16.5. The van der Waals surface area contributed by atoms with Gasteiger partial charge >= 0.3 is 0 Å². The maximum atomic E-state index is 13.9. The molecule has 1 aromatic heterocycles. The van der Waals surface area contributed by atoms with E-state index in [1.807, 2.05) is 13.0 Å². The highest BCUT2D eigenvalue weighted by Crippen LogP contribution is 2.29. The SMILES string of the molecule is Cc1cccc(C(=O)Nc2cc(F)c(F)c(Oc3cncnc3)c2)c1. The van der Waals surface area contributed by atoms with Gasteiger partial charge in [-0.05, 0) is 19.1 Å². The third kappa shape index (κ3) is 3.95. The molecule has 5 nitrogen and oxygen atoms in total. The van der Waals surface area contributed by atoms with Crippen LogP contribution in [0.2, 0.25) is 0 Å². The summed E-state index contributed by atoms with van der Waals surface area (Å²) >= 11 is 0. The number of aryl methyl sites for hydroxylation is 1. The molecule has 1 amide bonds. The molecule has 0 atom stereocenters. The maximum Gasteiger partial charge on any atom is 0.255 e. The van der Waals surface area contributed by atoms with Crippen molar-refractivity contribution in [2.24, 2.45) is 0 Å². The molecule has 0 radical (unpaired) electrons. The van der Waals surface area contributed by atoms with Gasteiger partial charge in [0.05, 0.1) is 12.4 Å². The molecule has 0 aliphatic rings. The molecule has 7 heteroatoms. The predicted molar refractivity (Wildman–Crippen MR) is 87.6 cm³/mol. The molecule has 0 bridgehead atoms. The smallest absolute Gasteiger partial charge is 0.255 e. The number of rotatable bonds is 4. The highest BCUT2D eigenvalue weighted by molar-refractivity contribution is 6.04. The summed E-state index contributed by atoms with van der Waals surface area (Å²) in [6.45, 7) is 1.85. The molecule has 3 aromatic rings. The molecular weight excluding hydrogens is 328 g/mol. The number of anilines is 1. The Hall–Kier alpha value is -3.35. The van der Waals surface area contributed by atoms with E-state index in [0.717, 1.165) is 11.6 Å². The standard InChI is InChI=1S/C18H13F2N3O2/c1-11-3-2-4-12(5-11)18(24)23-13-6-15(19)17(20)16(7-13)25-14-8-21-10-22-9-14/h2-10H,1H3,(H,23,24). The molecule has 0 spiro atoms. The van der Waals surface area contributed by atoms with Gasteiger partial charge in [-0.1, -0.05) is 17.7 Å². The highest BCUT2D eigenvalue weighted by Gasteiger charge is 2.15. The number of aromatic nitrogens is 2. The summed E-state index contributed by atoms with van der Waals surface area (Å²) in [5.74, 6) is -2.99. The zero-order valence-corrected chi connectivity index (χ0v) is 13.2. The summed E-state index contributed by atoms with van der Waals surface area (Å²) < 4.78 is 33.0. The number of benzene rings is 2. The molecule has 1 heterocycles. The summed E-state index contributed by atoms with van der Waals surface area (Å²) in [4.78, 5) is 19.7. The lowest BCUT2D eigenvalue weighted by molar-refractivity contribution is 0.102. The average Bonchev–Trinajstić information content (AvgIpc) is 2.60. The van der Waals surface area contributed by atoms with Gasteiger partial charge in [0.2, 0.25) is 5.82 Å². The Balaban J connectivity index is 1.86. The lowest BCUT2D eigenvalue weighted by atomic mass is 10.1. The van der Waals surface area contributed by atoms with Crippen LogP contribution in [0.3, 0.4) is 0 Å². The molecule has 2 aromatic carbocycles. The van der Waals surface area contributed by atoms with Gasteiger partial charge in [-0.15, -0.1) is 0 Å². The first-order chi connectivity index (χ1) is 12.0. The van der Waals surface area contributed by atoms with Crippen LogP contribution in [0.1, 0.15) is 15.9 Å². The number of halogens is 2. The van der Waals surface area contributed by atoms with Crippen molar-refractivity contribution in [3.63, 3.8) is 0 Å². The second kappa shape index (κ2) is 7.04. The fraction of sp³-hybridized carbons (Fsp3) is 0.0556. The van der Waals surface area contributed by atoms with E-state index >= 15 is 0 Å². The van der Waals surface area contributed by atoms with Gasteiger partial charge in [-0.25, -0.2) is 14.4 Å². The quantitative estimate of drug-likeness (QED) is 0.776. The van der Waals surface area contributed by atoms with E-state index in [9.17, 15) is 13.6 Å². The largest absolute Gasteiger partial charge is 0.451 e. The molecule has 3 rings (SSSR count). The highest BCUT2D eigenvalue weighted by atomic mass is 19.2. The first-order valence-corrected chi connectivity index (χ1v) is 7.33. The third-order valence-corrected chi connectivity index (χ3v) is 3.30. The number of amides is 1. The number of ether oxygens (including phenoxy) is 1. The van der Waals surface area contributed by atoms with Gasteiger partial charge in [0.25, 0.3) is 5.91 Å². The summed E-state index contributed by atoms with van der Waals surface area (Å²) in [6.07, 6.45) is 3.90. The molecule has 126 valence electrons. The second-order valence-corrected chi connectivity index (χ2v) is 5.27. The molecule has 1 N–H and O–H groups in total. The minimum Gasteiger partial charge on any atom is -0.451 e. The van der Waals surface area contributed by atoms with Crippen LogP contribution in [-0.2, 0) is 0 Å². The average molecular weight is 341 g/mol. The van der Waals surface area contributed by atoms with Crippen LogP contribution >= 0.6 is 0 Å². The summed E-state index contributed by atoms with van der Waals surface area (Å²) in [6, 6.07) is 8.98. The van der Waals surface area contributed by atoms with Gasteiger partial charge in [0.1, 0.15) is 6.33 Å². The topological polar surface area (TPSA) is 64.1 Å². The minimum absolute atomic E-state index is 0.0669. The van der Waals surface area contributed by atoms with Gasteiger partial charge in [0, 0.05) is 23.4 Å². The lowest BCUT2D eigenvalue weighted by Crippen LogP contribution is -2.12. The van der Waals surface area contributed by atoms with Crippen LogP contribution in [0, 0.1) is 18.6 Å². The van der Waals surface area contributed by atoms with Crippen LogP contribution in [0.4, 0.5) is 14.5 Å². The molecule has 0 aliphatic heterocycles. The van der Waals surface area contributed by atoms with Gasteiger partial charge in [-0.3, -0.25) is 4.79 Å². The van der Waals surface area contributed by atoms with Crippen molar-refractivity contribution >= 4 is 11.6 Å². The van der Waals surface area contributed by atoms with E-state index in [2.05, 4.69) is 15.3 Å². The number of hydrogen-bond acceptors (Lipinski definition) is 4. The van der Waals surface area contributed by atoms with Crippen LogP contribution in [0.25, 0.3) is 0 Å². The summed E-state index contributed by atoms with van der Waals surface area (Å²) in [7, 11) is 0. The van der Waals surface area contributed by atoms with Crippen LogP contribution in [-0.4, -0.2) is 15.9 Å². The van der Waals surface area contributed by atoms with Crippen molar-refractivity contribution in [2.75, 3.05) is 5.32 Å². The fourth-order valence-electron chi connectivity index (χ4n) is 2.16. The molecule has 25 heavy (non-hydrogen) atoms. The minimum atomic E-state index is -1.17. The number of carbonyl (C=O) groups is 1. The molecule has 0 aliphatic carbocycles. The lowest BCUT2D eigenvalue weighted by Gasteiger charge is -2.11. The number of hydrogen-bond donors (Lipinski definition) is 1. The van der Waals surface area contributed by atoms with E-state index in [4.69, 9.17) is 4.74 Å². The summed E-state index contributed by atoms with van der Waals surface area (Å²) in [5, 5.41) is 2.52. The zero-order chi connectivity index (χ0) is 17.8. The number of carbonyl (C=O) groups excluding carboxylic acids is 1. The zero-order valence-electron chi connectivity index (χ0n) is 13.2. The van der Waals surface area contributed by atoms with E-state index < -0.39 is 17.5 Å². The molecule has 0 unspecified atom stereocenters. The maximum absolute atomic E-state index is 13.9. The van der Waals surface area contributed by atoms with Crippen molar-refractivity contribution in [3.05, 3.63) is 77.9 Å². The van der Waals surface area contributed by atoms with Crippen LogP contribution in [0.15, 0.2) is 55.1 Å².